The van der Waals surface area contributed by atoms with E-state index in [1.807, 2.05) is 0 Å². The molecule has 0 saturated heterocycles. The second-order valence-corrected chi connectivity index (χ2v) is 3.40. The van der Waals surface area contributed by atoms with E-state index in [0.29, 0.717) is 6.61 Å². The zero-order valence-corrected chi connectivity index (χ0v) is 8.87. The lowest BCUT2D eigenvalue weighted by molar-refractivity contribution is 0.281. The van der Waals surface area contributed by atoms with E-state index < -0.39 is 0 Å². The van der Waals surface area contributed by atoms with Gasteiger partial charge in [-0.15, -0.1) is 0 Å². The average molecular weight is 196 g/mol. The number of unbranched alkanes of at least 4 members (excludes halogenated alkanes) is 1. The molecule has 0 fully saturated rings. The molecule has 0 aromatic carbocycles. The first-order chi connectivity index (χ1) is 6.88. The lowest BCUT2D eigenvalue weighted by atomic mass is 10.3. The van der Waals surface area contributed by atoms with Gasteiger partial charge in [0, 0.05) is 31.6 Å². The molecule has 0 amide bonds. The third-order valence-electron chi connectivity index (χ3n) is 2.29. The minimum absolute atomic E-state index is 0.295. The lowest BCUT2D eigenvalue weighted by Crippen LogP contribution is -2.15. The fourth-order valence-corrected chi connectivity index (χ4v) is 1.48. The summed E-state index contributed by atoms with van der Waals surface area (Å²) in [6, 6.07) is 4.22. The van der Waals surface area contributed by atoms with Gasteiger partial charge in [-0.3, -0.25) is 0 Å². The summed E-state index contributed by atoms with van der Waals surface area (Å²) in [7, 11) is 0. The first-order valence-electron chi connectivity index (χ1n) is 5.34. The van der Waals surface area contributed by atoms with Gasteiger partial charge in [0.2, 0.25) is 0 Å². The summed E-state index contributed by atoms with van der Waals surface area (Å²) < 4.78 is 2.25. The second-order valence-electron chi connectivity index (χ2n) is 3.40. The van der Waals surface area contributed by atoms with Gasteiger partial charge in [-0.25, -0.2) is 0 Å². The Kier molecular flexibility index (Phi) is 5.33. The van der Waals surface area contributed by atoms with Crippen molar-refractivity contribution in [2.24, 2.45) is 0 Å². The van der Waals surface area contributed by atoms with Crippen molar-refractivity contribution in [1.82, 2.24) is 9.88 Å². The highest BCUT2D eigenvalue weighted by Gasteiger charge is 1.98. The van der Waals surface area contributed by atoms with Crippen molar-refractivity contribution in [3.8, 4) is 0 Å². The van der Waals surface area contributed by atoms with Crippen molar-refractivity contribution >= 4 is 0 Å². The average Bonchev–Trinajstić information content (AvgIpc) is 2.63. The smallest absolute Gasteiger partial charge is 0.0431 e. The molecule has 1 rings (SSSR count). The zero-order valence-electron chi connectivity index (χ0n) is 8.87. The Balaban J connectivity index is 2.37. The molecule has 0 unspecified atom stereocenters. The molecule has 0 spiro atoms. The maximum atomic E-state index is 8.68. The Morgan fingerprint density at radius 1 is 1.43 bits per heavy atom. The van der Waals surface area contributed by atoms with Crippen molar-refractivity contribution in [3.05, 3.63) is 24.0 Å². The fourth-order valence-electron chi connectivity index (χ4n) is 1.48. The molecule has 1 aromatic rings. The van der Waals surface area contributed by atoms with Crippen molar-refractivity contribution in [1.29, 1.82) is 0 Å². The molecule has 3 heteroatoms. The highest BCUT2D eigenvalue weighted by Crippen LogP contribution is 2.04. The number of aliphatic hydroxyl groups is 1. The van der Waals surface area contributed by atoms with Crippen LogP contribution >= 0.6 is 0 Å². The number of hydrogen-bond acceptors (Lipinski definition) is 2. The van der Waals surface area contributed by atoms with Gasteiger partial charge in [-0.2, -0.15) is 0 Å². The van der Waals surface area contributed by atoms with Gasteiger partial charge in [0.25, 0.3) is 0 Å². The van der Waals surface area contributed by atoms with E-state index in [0.717, 1.165) is 32.5 Å². The summed E-state index contributed by atoms with van der Waals surface area (Å²) in [6.07, 6.45) is 4.03. The lowest BCUT2D eigenvalue weighted by Gasteiger charge is -2.08. The maximum absolute atomic E-state index is 8.68. The Morgan fingerprint density at radius 2 is 2.29 bits per heavy atom. The molecular weight excluding hydrogens is 176 g/mol. The Hall–Kier alpha value is -0.800. The van der Waals surface area contributed by atoms with Crippen LogP contribution in [0.4, 0.5) is 0 Å². The summed E-state index contributed by atoms with van der Waals surface area (Å²) in [4.78, 5) is 0. The molecule has 0 saturated carbocycles. The number of aliphatic hydroxyl groups excluding tert-OH is 1. The highest BCUT2D eigenvalue weighted by atomic mass is 16.2. The van der Waals surface area contributed by atoms with Crippen molar-refractivity contribution in [3.63, 3.8) is 0 Å². The summed E-state index contributed by atoms with van der Waals surface area (Å²) >= 11 is 0. The van der Waals surface area contributed by atoms with Gasteiger partial charge < -0.3 is 15.0 Å². The zero-order chi connectivity index (χ0) is 10.2. The van der Waals surface area contributed by atoms with Gasteiger partial charge in [-0.1, -0.05) is 6.92 Å². The molecule has 14 heavy (non-hydrogen) atoms. The van der Waals surface area contributed by atoms with E-state index in [2.05, 4.69) is 35.1 Å². The van der Waals surface area contributed by atoms with Gasteiger partial charge >= 0.3 is 0 Å². The van der Waals surface area contributed by atoms with E-state index >= 15 is 0 Å². The number of hydrogen-bond donors (Lipinski definition) is 2. The predicted molar refractivity (Wildman–Crippen MR) is 58.1 cm³/mol. The second kappa shape index (κ2) is 6.62. The minimum atomic E-state index is 0.295. The molecular formula is C11H20N2O. The van der Waals surface area contributed by atoms with E-state index in [4.69, 9.17) is 5.11 Å². The summed E-state index contributed by atoms with van der Waals surface area (Å²) in [6.45, 7) is 5.35. The third-order valence-corrected chi connectivity index (χ3v) is 2.29. The monoisotopic (exact) mass is 196 g/mol. The first kappa shape index (κ1) is 11.3. The Bertz CT molecular complexity index is 245. The molecule has 0 aliphatic heterocycles. The third kappa shape index (κ3) is 3.52. The standard InChI is InChI=1S/C11H20N2O/c1-2-12-10-11-6-5-8-13(11)7-3-4-9-14/h5-6,8,12,14H,2-4,7,9-10H2,1H3. The van der Waals surface area contributed by atoms with Crippen LogP contribution in [0.2, 0.25) is 0 Å². The summed E-state index contributed by atoms with van der Waals surface area (Å²) in [5.41, 5.74) is 1.32. The van der Waals surface area contributed by atoms with E-state index in [1.165, 1.54) is 5.69 Å². The number of nitrogens with zero attached hydrogens (tertiary/aromatic N) is 1. The van der Waals surface area contributed by atoms with Crippen LogP contribution in [0.15, 0.2) is 18.3 Å². The molecule has 2 N–H and O–H groups in total. The van der Waals surface area contributed by atoms with Crippen LogP contribution in [-0.4, -0.2) is 22.8 Å². The molecule has 0 atom stereocenters. The van der Waals surface area contributed by atoms with E-state index in [-0.39, 0.29) is 0 Å². The molecule has 0 aliphatic rings. The van der Waals surface area contributed by atoms with Gasteiger partial charge in [0.05, 0.1) is 0 Å². The quantitative estimate of drug-likeness (QED) is 0.646. The topological polar surface area (TPSA) is 37.2 Å². The highest BCUT2D eigenvalue weighted by molar-refractivity contribution is 5.06. The van der Waals surface area contributed by atoms with Crippen molar-refractivity contribution in [2.45, 2.75) is 32.9 Å². The molecule has 0 aliphatic carbocycles. The normalized spacial score (nSPS) is 10.7. The van der Waals surface area contributed by atoms with Crippen molar-refractivity contribution < 1.29 is 5.11 Å². The van der Waals surface area contributed by atoms with E-state index in [1.54, 1.807) is 0 Å². The molecule has 0 bridgehead atoms. The number of aromatic nitrogens is 1. The SMILES string of the molecule is CCNCc1cccn1CCCCO. The van der Waals surface area contributed by atoms with Crippen LogP contribution in [0.3, 0.4) is 0 Å². The largest absolute Gasteiger partial charge is 0.396 e. The first-order valence-corrected chi connectivity index (χ1v) is 5.34. The number of aryl methyl sites for hydroxylation is 1. The molecule has 3 nitrogen and oxygen atoms in total. The van der Waals surface area contributed by atoms with Crippen LogP contribution in [0, 0.1) is 0 Å². The Labute approximate surface area is 85.7 Å². The van der Waals surface area contributed by atoms with Crippen molar-refractivity contribution in [2.75, 3.05) is 13.2 Å². The minimum Gasteiger partial charge on any atom is -0.396 e. The summed E-state index contributed by atoms with van der Waals surface area (Å²) in [5, 5.41) is 12.0. The van der Waals surface area contributed by atoms with E-state index in [9.17, 15) is 0 Å². The van der Waals surface area contributed by atoms with Crippen LogP contribution < -0.4 is 5.32 Å². The maximum Gasteiger partial charge on any atom is 0.0431 e. The Morgan fingerprint density at radius 3 is 3.00 bits per heavy atom. The molecule has 0 radical (unpaired) electrons. The van der Waals surface area contributed by atoms with Gasteiger partial charge in [0.1, 0.15) is 0 Å². The molecule has 80 valence electrons. The van der Waals surface area contributed by atoms with Crippen LogP contribution in [0.1, 0.15) is 25.5 Å². The van der Waals surface area contributed by atoms with Gasteiger partial charge in [0.15, 0.2) is 0 Å². The number of nitrogens with one attached hydrogen (secondary N) is 1. The van der Waals surface area contributed by atoms with Gasteiger partial charge in [-0.05, 0) is 31.5 Å². The predicted octanol–water partition coefficient (Wildman–Crippen LogP) is 1.37. The molecule has 1 heterocycles. The van der Waals surface area contributed by atoms with Crippen LogP contribution in [0.25, 0.3) is 0 Å². The van der Waals surface area contributed by atoms with Crippen LogP contribution in [-0.2, 0) is 13.1 Å². The fraction of sp³-hybridized carbons (Fsp3) is 0.636. The number of rotatable bonds is 7. The molecule has 1 aromatic heterocycles. The summed E-state index contributed by atoms with van der Waals surface area (Å²) in [5.74, 6) is 0. The van der Waals surface area contributed by atoms with Crippen LogP contribution in [0.5, 0.6) is 0 Å².